The Kier molecular flexibility index (Phi) is 4.44. The highest BCUT2D eigenvalue weighted by molar-refractivity contribution is 6.31. The summed E-state index contributed by atoms with van der Waals surface area (Å²) in [5.41, 5.74) is 0.00929. The van der Waals surface area contributed by atoms with Gasteiger partial charge in [0, 0.05) is 31.5 Å². The zero-order valence-electron chi connectivity index (χ0n) is 12.3. The number of hydrogen-bond acceptors (Lipinski definition) is 6. The van der Waals surface area contributed by atoms with Crippen LogP contribution in [-0.2, 0) is 0 Å². The first-order valence-electron chi connectivity index (χ1n) is 7.29. The third-order valence-corrected chi connectivity index (χ3v) is 4.02. The molecule has 2 aromatic heterocycles. The van der Waals surface area contributed by atoms with E-state index in [-0.39, 0.29) is 17.3 Å². The number of piperidine rings is 1. The lowest BCUT2D eigenvalue weighted by Gasteiger charge is -2.33. The Morgan fingerprint density at radius 3 is 3.13 bits per heavy atom. The highest BCUT2D eigenvalue weighted by Gasteiger charge is 2.23. The maximum atomic E-state index is 11.9. The van der Waals surface area contributed by atoms with Crippen LogP contribution in [-0.4, -0.2) is 34.1 Å². The Labute approximate surface area is 137 Å². The van der Waals surface area contributed by atoms with E-state index in [4.69, 9.17) is 16.9 Å². The first-order chi connectivity index (χ1) is 11.2. The molecule has 3 heterocycles. The average Bonchev–Trinajstić information content (AvgIpc) is 2.57. The lowest BCUT2D eigenvalue weighted by atomic mass is 10.1. The van der Waals surface area contributed by atoms with E-state index in [2.05, 4.69) is 20.3 Å². The van der Waals surface area contributed by atoms with Gasteiger partial charge in [-0.2, -0.15) is 5.26 Å². The number of nitriles is 1. The van der Waals surface area contributed by atoms with Crippen molar-refractivity contribution in [2.75, 3.05) is 23.3 Å². The summed E-state index contributed by atoms with van der Waals surface area (Å²) in [5, 5.41) is 12.6. The maximum Gasteiger partial charge on any atom is 0.290 e. The van der Waals surface area contributed by atoms with E-state index in [1.54, 1.807) is 18.3 Å². The monoisotopic (exact) mass is 330 g/mol. The van der Waals surface area contributed by atoms with E-state index in [1.807, 2.05) is 11.0 Å². The molecule has 118 valence electrons. The van der Waals surface area contributed by atoms with Crippen LogP contribution in [0.5, 0.6) is 0 Å². The molecule has 0 saturated carbocycles. The van der Waals surface area contributed by atoms with Crippen LogP contribution in [0.2, 0.25) is 5.02 Å². The second-order valence-corrected chi connectivity index (χ2v) is 5.72. The number of H-pyrrole nitrogens is 1. The fraction of sp³-hybridized carbons (Fsp3) is 0.333. The van der Waals surface area contributed by atoms with Crippen LogP contribution < -0.4 is 15.8 Å². The maximum absolute atomic E-state index is 11.9. The number of hydrogen-bond donors (Lipinski definition) is 2. The smallest absolute Gasteiger partial charge is 0.290 e. The summed E-state index contributed by atoms with van der Waals surface area (Å²) >= 11 is 5.89. The number of pyridine rings is 1. The van der Waals surface area contributed by atoms with Crippen LogP contribution in [0.4, 0.5) is 11.6 Å². The topological polar surface area (TPSA) is 97.7 Å². The van der Waals surface area contributed by atoms with Crippen molar-refractivity contribution in [1.29, 1.82) is 5.26 Å². The van der Waals surface area contributed by atoms with Crippen molar-refractivity contribution >= 4 is 23.2 Å². The molecule has 2 aromatic rings. The Balaban J connectivity index is 1.73. The molecule has 1 unspecified atom stereocenters. The number of aromatic amines is 1. The molecule has 1 saturated heterocycles. The van der Waals surface area contributed by atoms with Gasteiger partial charge in [-0.3, -0.25) is 4.79 Å². The molecule has 0 aliphatic carbocycles. The Bertz CT molecular complexity index is 799. The second kappa shape index (κ2) is 6.67. The Morgan fingerprint density at radius 2 is 2.35 bits per heavy atom. The molecule has 23 heavy (non-hydrogen) atoms. The van der Waals surface area contributed by atoms with Crippen LogP contribution >= 0.6 is 11.6 Å². The number of aromatic nitrogens is 3. The fourth-order valence-corrected chi connectivity index (χ4v) is 2.81. The first kappa shape index (κ1) is 15.3. The highest BCUT2D eigenvalue weighted by Crippen LogP contribution is 2.20. The third kappa shape index (κ3) is 3.43. The van der Waals surface area contributed by atoms with Gasteiger partial charge in [-0.05, 0) is 25.0 Å². The van der Waals surface area contributed by atoms with Gasteiger partial charge in [-0.1, -0.05) is 11.6 Å². The largest absolute Gasteiger partial charge is 0.366 e. The van der Waals surface area contributed by atoms with E-state index in [0.29, 0.717) is 23.2 Å². The minimum atomic E-state index is -0.190. The summed E-state index contributed by atoms with van der Waals surface area (Å²) in [7, 11) is 0. The van der Waals surface area contributed by atoms with Crippen molar-refractivity contribution in [3.05, 3.63) is 45.6 Å². The zero-order chi connectivity index (χ0) is 16.2. The number of anilines is 2. The number of rotatable bonds is 3. The van der Waals surface area contributed by atoms with Crippen molar-refractivity contribution in [3.8, 4) is 6.07 Å². The van der Waals surface area contributed by atoms with Gasteiger partial charge < -0.3 is 15.2 Å². The summed E-state index contributed by atoms with van der Waals surface area (Å²) in [6.45, 7) is 1.43. The van der Waals surface area contributed by atoms with E-state index in [0.717, 1.165) is 19.4 Å². The molecule has 0 amide bonds. The third-order valence-electron chi connectivity index (χ3n) is 3.71. The fourth-order valence-electron chi connectivity index (χ4n) is 2.67. The van der Waals surface area contributed by atoms with Crippen molar-refractivity contribution in [2.45, 2.75) is 18.9 Å². The molecule has 0 aromatic carbocycles. The molecule has 0 spiro atoms. The number of nitrogens with one attached hydrogen (secondary N) is 2. The molecule has 8 heteroatoms. The van der Waals surface area contributed by atoms with Gasteiger partial charge in [0.1, 0.15) is 11.9 Å². The Morgan fingerprint density at radius 1 is 1.48 bits per heavy atom. The number of nitrogens with zero attached hydrogens (tertiary/aromatic N) is 4. The van der Waals surface area contributed by atoms with Gasteiger partial charge in [0.15, 0.2) is 11.5 Å². The highest BCUT2D eigenvalue weighted by atomic mass is 35.5. The molecular formula is C15H15ClN6O. The van der Waals surface area contributed by atoms with Gasteiger partial charge in [0.05, 0.1) is 5.02 Å². The molecule has 3 rings (SSSR count). The van der Waals surface area contributed by atoms with Crippen LogP contribution in [0.15, 0.2) is 29.3 Å². The molecule has 1 aliphatic rings. The number of halogens is 1. The van der Waals surface area contributed by atoms with Crippen LogP contribution in [0.3, 0.4) is 0 Å². The molecular weight excluding hydrogens is 316 g/mol. The summed E-state index contributed by atoms with van der Waals surface area (Å²) in [6.07, 6.45) is 4.99. The Hall–Kier alpha value is -2.59. The van der Waals surface area contributed by atoms with E-state index < -0.39 is 0 Å². The average molecular weight is 331 g/mol. The molecule has 0 bridgehead atoms. The van der Waals surface area contributed by atoms with Crippen molar-refractivity contribution < 1.29 is 0 Å². The van der Waals surface area contributed by atoms with Crippen LogP contribution in [0, 0.1) is 11.3 Å². The summed E-state index contributed by atoms with van der Waals surface area (Å²) in [5.74, 6) is 1.04. The van der Waals surface area contributed by atoms with Gasteiger partial charge in [-0.25, -0.2) is 9.97 Å². The summed E-state index contributed by atoms with van der Waals surface area (Å²) in [6, 6.07) is 5.48. The standard InChI is InChI=1S/C15H15ClN6O/c16-11-3-4-13(21-12(11)8-17)20-10-2-1-7-22(9-10)14-15(23)19-6-5-18-14/h3-6,10H,1-2,7,9H2,(H,19,23)(H,20,21). The van der Waals surface area contributed by atoms with Crippen LogP contribution in [0.25, 0.3) is 0 Å². The lowest BCUT2D eigenvalue weighted by molar-refractivity contribution is 0.524. The molecule has 2 N–H and O–H groups in total. The summed E-state index contributed by atoms with van der Waals surface area (Å²) < 4.78 is 0. The molecule has 1 atom stereocenters. The van der Waals surface area contributed by atoms with Crippen molar-refractivity contribution in [3.63, 3.8) is 0 Å². The van der Waals surface area contributed by atoms with Crippen molar-refractivity contribution in [1.82, 2.24) is 15.0 Å². The van der Waals surface area contributed by atoms with Gasteiger partial charge in [0.2, 0.25) is 0 Å². The minimum Gasteiger partial charge on any atom is -0.366 e. The lowest BCUT2D eigenvalue weighted by Crippen LogP contribution is -2.44. The van der Waals surface area contributed by atoms with E-state index in [9.17, 15) is 4.79 Å². The first-order valence-corrected chi connectivity index (χ1v) is 7.67. The molecule has 1 aliphatic heterocycles. The minimum absolute atomic E-state index is 0.116. The molecule has 7 nitrogen and oxygen atoms in total. The predicted molar refractivity (Wildman–Crippen MR) is 87.7 cm³/mol. The van der Waals surface area contributed by atoms with Gasteiger partial charge in [0.25, 0.3) is 5.56 Å². The van der Waals surface area contributed by atoms with E-state index >= 15 is 0 Å². The SMILES string of the molecule is N#Cc1nc(NC2CCCN(c3ncc[nH]c3=O)C2)ccc1Cl. The normalized spacial score (nSPS) is 17.6. The van der Waals surface area contributed by atoms with E-state index in [1.165, 1.54) is 6.20 Å². The molecule has 1 fully saturated rings. The van der Waals surface area contributed by atoms with Gasteiger partial charge >= 0.3 is 0 Å². The van der Waals surface area contributed by atoms with Crippen LogP contribution in [0.1, 0.15) is 18.5 Å². The van der Waals surface area contributed by atoms with Gasteiger partial charge in [-0.15, -0.1) is 0 Å². The molecule has 0 radical (unpaired) electrons. The zero-order valence-corrected chi connectivity index (χ0v) is 13.0. The summed E-state index contributed by atoms with van der Waals surface area (Å²) in [4.78, 5) is 24.8. The second-order valence-electron chi connectivity index (χ2n) is 5.31. The van der Waals surface area contributed by atoms with Crippen molar-refractivity contribution in [2.24, 2.45) is 0 Å². The predicted octanol–water partition coefficient (Wildman–Crippen LogP) is 1.77. The quantitative estimate of drug-likeness (QED) is 0.890.